The van der Waals surface area contributed by atoms with Crippen LogP contribution in [0.3, 0.4) is 0 Å². The first-order valence-corrected chi connectivity index (χ1v) is 14.6. The molecule has 0 aliphatic carbocycles. The van der Waals surface area contributed by atoms with Crippen molar-refractivity contribution in [2.45, 2.75) is 37.3 Å². The zero-order valence-corrected chi connectivity index (χ0v) is 25.3. The Morgan fingerprint density at radius 1 is 1.00 bits per heavy atom. The number of ether oxygens (including phenoxy) is 1. The quantitative estimate of drug-likeness (QED) is 0.286. The van der Waals surface area contributed by atoms with Crippen LogP contribution in [-0.4, -0.2) is 54.5 Å². The Hall–Kier alpha value is -2.95. The zero-order chi connectivity index (χ0) is 28.1. The van der Waals surface area contributed by atoms with Crippen LogP contribution in [0.15, 0.2) is 77.7 Å². The number of thioether (sulfide) groups is 1. The predicted molar refractivity (Wildman–Crippen MR) is 153 cm³/mol. The summed E-state index contributed by atoms with van der Waals surface area (Å²) < 4.78 is 34.6. The molecule has 1 atom stereocenters. The number of nitrogens with one attached hydrogen (secondary N) is 1. The third-order valence-corrected chi connectivity index (χ3v) is 8.89. The third-order valence-electron chi connectivity index (χ3n) is 7.90. The maximum atomic E-state index is 14.1. The summed E-state index contributed by atoms with van der Waals surface area (Å²) in [6, 6.07) is 19.7. The molecule has 3 aliphatic rings. The lowest BCUT2D eigenvalue weighted by Gasteiger charge is -2.52. The summed E-state index contributed by atoms with van der Waals surface area (Å²) in [4.78, 5) is 27.4. The van der Waals surface area contributed by atoms with Crippen LogP contribution in [0.1, 0.15) is 25.3 Å². The highest BCUT2D eigenvalue weighted by Gasteiger charge is 2.47. The van der Waals surface area contributed by atoms with Crippen LogP contribution >= 0.6 is 11.8 Å². The average Bonchev–Trinajstić information content (AvgIpc) is 2.94. The molecule has 3 heterocycles. The normalized spacial score (nSPS) is 21.0. The number of halogens is 3. The summed E-state index contributed by atoms with van der Waals surface area (Å²) >= 11 is 1.79. The summed E-state index contributed by atoms with van der Waals surface area (Å²) in [5, 5.41) is 2.79. The molecule has 1 N–H and O–H groups in total. The van der Waals surface area contributed by atoms with Crippen molar-refractivity contribution in [3.63, 3.8) is 0 Å². The molecule has 3 aromatic rings. The number of hydrogen-bond donors (Lipinski definition) is 1. The van der Waals surface area contributed by atoms with Gasteiger partial charge in [-0.15, -0.1) is 11.8 Å². The van der Waals surface area contributed by atoms with E-state index in [4.69, 9.17) is 4.74 Å². The molecule has 41 heavy (non-hydrogen) atoms. The van der Waals surface area contributed by atoms with E-state index in [2.05, 4.69) is 5.32 Å². The fourth-order valence-corrected chi connectivity index (χ4v) is 6.78. The second-order valence-electron chi connectivity index (χ2n) is 10.7. The number of nitrogens with zero attached hydrogens (tertiary/aromatic N) is 2. The fourth-order valence-electron chi connectivity index (χ4n) is 5.73. The Balaban J connectivity index is 0.00000387. The molecule has 3 saturated heterocycles. The van der Waals surface area contributed by atoms with Gasteiger partial charge < -0.3 is 31.5 Å². The average molecular weight is 647 g/mol. The predicted octanol–water partition coefficient (Wildman–Crippen LogP) is 3.47. The minimum absolute atomic E-state index is 0. The molecule has 6 rings (SSSR count). The van der Waals surface area contributed by atoms with Gasteiger partial charge in [0.2, 0.25) is 5.91 Å². The van der Waals surface area contributed by atoms with Crippen molar-refractivity contribution in [3.8, 4) is 0 Å². The Labute approximate surface area is 254 Å². The van der Waals surface area contributed by atoms with E-state index in [9.17, 15) is 18.4 Å². The van der Waals surface area contributed by atoms with Gasteiger partial charge in [0.1, 0.15) is 18.2 Å². The molecular weight excluding hydrogens is 612 g/mol. The molecule has 2 bridgehead atoms. The van der Waals surface area contributed by atoms with Crippen LogP contribution in [0.25, 0.3) is 0 Å². The number of carbonyl (C=O) groups is 2. The van der Waals surface area contributed by atoms with Gasteiger partial charge in [-0.2, -0.15) is 0 Å². The molecule has 6 nitrogen and oxygen atoms in total. The van der Waals surface area contributed by atoms with Crippen LogP contribution in [-0.2, 0) is 16.1 Å². The number of amides is 2. The Bertz CT molecular complexity index is 1340. The van der Waals surface area contributed by atoms with E-state index in [1.807, 2.05) is 24.3 Å². The maximum Gasteiger partial charge on any atom is 0.415 e. The highest BCUT2D eigenvalue weighted by atomic mass is 79.9. The number of rotatable bonds is 9. The Kier molecular flexibility index (Phi) is 10.4. The molecule has 3 fully saturated rings. The van der Waals surface area contributed by atoms with Gasteiger partial charge in [0, 0.05) is 42.0 Å². The second-order valence-corrected chi connectivity index (χ2v) is 11.9. The highest BCUT2D eigenvalue weighted by molar-refractivity contribution is 7.99. The van der Waals surface area contributed by atoms with E-state index in [0.717, 1.165) is 65.4 Å². The molecule has 0 spiro atoms. The summed E-state index contributed by atoms with van der Waals surface area (Å²) in [5.74, 6) is 0.367. The van der Waals surface area contributed by atoms with Gasteiger partial charge in [-0.3, -0.25) is 9.69 Å². The smallest absolute Gasteiger partial charge is 0.415 e. The number of carbonyl (C=O) groups excluding carboxylic acids is 2. The number of quaternary nitrogens is 1. The van der Waals surface area contributed by atoms with Crippen LogP contribution in [0.5, 0.6) is 0 Å². The van der Waals surface area contributed by atoms with Gasteiger partial charge in [0.25, 0.3) is 0 Å². The second kappa shape index (κ2) is 13.8. The summed E-state index contributed by atoms with van der Waals surface area (Å²) in [6.07, 6.45) is 1.29. The first-order valence-electron chi connectivity index (χ1n) is 13.6. The van der Waals surface area contributed by atoms with E-state index in [-0.39, 0.29) is 41.4 Å². The number of hydrogen-bond acceptors (Lipinski definition) is 4. The van der Waals surface area contributed by atoms with Crippen molar-refractivity contribution in [2.75, 3.05) is 42.1 Å². The van der Waals surface area contributed by atoms with E-state index in [1.165, 1.54) is 36.1 Å². The van der Waals surface area contributed by atoms with Crippen LogP contribution < -0.4 is 27.2 Å². The largest absolute Gasteiger partial charge is 1.00 e. The van der Waals surface area contributed by atoms with E-state index in [1.54, 1.807) is 36.0 Å². The molecule has 2 amide bonds. The van der Waals surface area contributed by atoms with Gasteiger partial charge in [0.05, 0.1) is 31.9 Å². The van der Waals surface area contributed by atoms with Gasteiger partial charge in [-0.1, -0.05) is 18.2 Å². The number of anilines is 2. The third kappa shape index (κ3) is 8.08. The molecule has 218 valence electrons. The van der Waals surface area contributed by atoms with Crippen LogP contribution in [0, 0.1) is 17.6 Å². The van der Waals surface area contributed by atoms with E-state index in [0.29, 0.717) is 11.6 Å². The number of benzene rings is 3. The van der Waals surface area contributed by atoms with Gasteiger partial charge >= 0.3 is 6.09 Å². The molecule has 0 aromatic heterocycles. The Morgan fingerprint density at radius 2 is 1.71 bits per heavy atom. The molecule has 0 saturated carbocycles. The molecule has 10 heteroatoms. The first kappa shape index (κ1) is 31.0. The van der Waals surface area contributed by atoms with Crippen LogP contribution in [0.4, 0.5) is 25.0 Å². The first-order chi connectivity index (χ1) is 19.3. The summed E-state index contributed by atoms with van der Waals surface area (Å²) in [5.41, 5.74) is 1.91. The highest BCUT2D eigenvalue weighted by Crippen LogP contribution is 2.37. The lowest BCUT2D eigenvalue weighted by molar-refractivity contribution is -0.943. The van der Waals surface area contributed by atoms with E-state index < -0.39 is 11.9 Å². The van der Waals surface area contributed by atoms with Crippen molar-refractivity contribution in [3.05, 3.63) is 90.0 Å². The lowest BCUT2D eigenvalue weighted by Crippen LogP contribution is -3.00. The maximum absolute atomic E-state index is 14.1. The molecule has 0 unspecified atom stereocenters. The summed E-state index contributed by atoms with van der Waals surface area (Å²) in [6.45, 7) is 5.53. The number of piperidine rings is 3. The van der Waals surface area contributed by atoms with Crippen molar-refractivity contribution in [2.24, 2.45) is 5.92 Å². The van der Waals surface area contributed by atoms with Gasteiger partial charge in [0.15, 0.2) is 6.10 Å². The molecule has 3 aromatic carbocycles. The monoisotopic (exact) mass is 645 g/mol. The molecule has 0 radical (unpaired) electrons. The van der Waals surface area contributed by atoms with Gasteiger partial charge in [-0.05, 0) is 60.2 Å². The summed E-state index contributed by atoms with van der Waals surface area (Å²) in [7, 11) is 0. The van der Waals surface area contributed by atoms with E-state index >= 15 is 0 Å². The Morgan fingerprint density at radius 3 is 2.37 bits per heavy atom. The topological polar surface area (TPSA) is 58.6 Å². The molecular formula is C31H34BrF2N3O3S. The standard InChI is InChI=1S/C31H33F2N3O3S.BrH/c1-22(37)34-27-9-11-29(12-10-27)40-18-17-36-15-13-24(14-16-36)30(21-36)39-31(38)35(28-4-2-3-26(33)19-28)20-23-5-7-25(32)8-6-23;/h2-12,19,24,30H,13-18,20-21H2,1H3;1H/t24?,30-,36?;/m0./s1. The lowest BCUT2D eigenvalue weighted by atomic mass is 9.83. The zero-order valence-electron chi connectivity index (χ0n) is 22.9. The van der Waals surface area contributed by atoms with Gasteiger partial charge in [-0.25, -0.2) is 13.6 Å². The van der Waals surface area contributed by atoms with Crippen molar-refractivity contribution in [1.29, 1.82) is 0 Å². The van der Waals surface area contributed by atoms with Crippen molar-refractivity contribution >= 4 is 35.1 Å². The van der Waals surface area contributed by atoms with Crippen molar-refractivity contribution < 1.29 is 44.6 Å². The minimum atomic E-state index is -0.513. The molecule has 3 aliphatic heterocycles. The fraction of sp³-hybridized carbons (Fsp3) is 0.355. The van der Waals surface area contributed by atoms with Crippen molar-refractivity contribution in [1.82, 2.24) is 0 Å². The van der Waals surface area contributed by atoms with Crippen LogP contribution in [0.2, 0.25) is 0 Å². The SMILES string of the molecule is CC(=O)Nc1ccc(SCC[N+]23CCC(CC2)[C@@H](OC(=O)N(Cc2ccc(F)cc2)c2cccc(F)c2)C3)cc1.[Br-]. The number of fused-ring (bicyclic) bond motifs is 3. The minimum Gasteiger partial charge on any atom is -1.00 e.